The molecular formula is C16H27N3O2S. The second kappa shape index (κ2) is 6.18. The van der Waals surface area contributed by atoms with E-state index < -0.39 is 10.2 Å². The molecule has 0 amide bonds. The van der Waals surface area contributed by atoms with Crippen molar-refractivity contribution in [3.63, 3.8) is 0 Å². The van der Waals surface area contributed by atoms with E-state index >= 15 is 0 Å². The molecule has 2 rings (SSSR count). The van der Waals surface area contributed by atoms with Gasteiger partial charge in [-0.05, 0) is 17.0 Å². The van der Waals surface area contributed by atoms with Crippen molar-refractivity contribution < 1.29 is 8.42 Å². The number of nitrogens with zero attached hydrogens (tertiary/aromatic N) is 3. The predicted molar refractivity (Wildman–Crippen MR) is 91.5 cm³/mol. The summed E-state index contributed by atoms with van der Waals surface area (Å²) in [4.78, 5) is 2.29. The number of benzene rings is 1. The first-order valence-corrected chi connectivity index (χ1v) is 9.06. The van der Waals surface area contributed by atoms with Gasteiger partial charge in [-0.2, -0.15) is 17.0 Å². The third-order valence-electron chi connectivity index (χ3n) is 4.08. The van der Waals surface area contributed by atoms with Gasteiger partial charge in [-0.1, -0.05) is 39.0 Å². The maximum atomic E-state index is 12.2. The third kappa shape index (κ3) is 3.45. The molecule has 1 heterocycles. The van der Waals surface area contributed by atoms with Gasteiger partial charge in [0.2, 0.25) is 0 Å². The molecule has 0 N–H and O–H groups in total. The van der Waals surface area contributed by atoms with Crippen molar-refractivity contribution in [2.45, 2.75) is 26.2 Å². The highest BCUT2D eigenvalue weighted by atomic mass is 32.2. The van der Waals surface area contributed by atoms with Crippen LogP contribution in [0.15, 0.2) is 24.3 Å². The van der Waals surface area contributed by atoms with E-state index in [-0.39, 0.29) is 5.41 Å². The molecule has 5 nitrogen and oxygen atoms in total. The van der Waals surface area contributed by atoms with Gasteiger partial charge in [0.1, 0.15) is 0 Å². The molecule has 1 fully saturated rings. The minimum Gasteiger partial charge on any atom is -0.369 e. The Labute approximate surface area is 134 Å². The highest BCUT2D eigenvalue weighted by Crippen LogP contribution is 2.32. The Bertz CT molecular complexity index is 613. The summed E-state index contributed by atoms with van der Waals surface area (Å²) in [6.45, 7) is 9.12. The van der Waals surface area contributed by atoms with E-state index in [0.29, 0.717) is 13.1 Å². The Morgan fingerprint density at radius 3 is 2.05 bits per heavy atom. The SMILES string of the molecule is CN(C)S(=O)(=O)N1CCN(c2ccccc2C(C)(C)C)CC1. The van der Waals surface area contributed by atoms with E-state index in [1.807, 2.05) is 6.07 Å². The van der Waals surface area contributed by atoms with E-state index in [2.05, 4.69) is 43.9 Å². The van der Waals surface area contributed by atoms with Crippen LogP contribution in [-0.2, 0) is 15.6 Å². The van der Waals surface area contributed by atoms with E-state index in [4.69, 9.17) is 0 Å². The summed E-state index contributed by atoms with van der Waals surface area (Å²) in [5.74, 6) is 0. The van der Waals surface area contributed by atoms with Crippen molar-refractivity contribution in [2.75, 3.05) is 45.2 Å². The molecular weight excluding hydrogens is 298 g/mol. The number of rotatable bonds is 3. The van der Waals surface area contributed by atoms with Gasteiger partial charge in [0.05, 0.1) is 0 Å². The molecule has 0 spiro atoms. The second-order valence-electron chi connectivity index (χ2n) is 6.94. The van der Waals surface area contributed by atoms with Crippen LogP contribution < -0.4 is 4.90 Å². The lowest BCUT2D eigenvalue weighted by Gasteiger charge is -2.38. The van der Waals surface area contributed by atoms with Crippen LogP contribution in [0.2, 0.25) is 0 Å². The fraction of sp³-hybridized carbons (Fsp3) is 0.625. The van der Waals surface area contributed by atoms with Crippen LogP contribution in [0.1, 0.15) is 26.3 Å². The molecule has 1 aliphatic rings. The van der Waals surface area contributed by atoms with E-state index in [1.165, 1.54) is 15.6 Å². The van der Waals surface area contributed by atoms with E-state index in [1.54, 1.807) is 18.4 Å². The van der Waals surface area contributed by atoms with Crippen molar-refractivity contribution in [3.8, 4) is 0 Å². The highest BCUT2D eigenvalue weighted by molar-refractivity contribution is 7.86. The highest BCUT2D eigenvalue weighted by Gasteiger charge is 2.30. The third-order valence-corrected chi connectivity index (χ3v) is 6.02. The van der Waals surface area contributed by atoms with Gasteiger partial charge >= 0.3 is 0 Å². The molecule has 0 unspecified atom stereocenters. The van der Waals surface area contributed by atoms with Crippen molar-refractivity contribution in [1.82, 2.24) is 8.61 Å². The summed E-state index contributed by atoms with van der Waals surface area (Å²) >= 11 is 0. The molecule has 1 saturated heterocycles. The van der Waals surface area contributed by atoms with Crippen LogP contribution in [-0.4, -0.2) is 57.3 Å². The van der Waals surface area contributed by atoms with Gasteiger partial charge in [-0.25, -0.2) is 0 Å². The van der Waals surface area contributed by atoms with Crippen LogP contribution >= 0.6 is 0 Å². The van der Waals surface area contributed by atoms with Crippen LogP contribution in [0.3, 0.4) is 0 Å². The zero-order valence-electron chi connectivity index (χ0n) is 14.2. The van der Waals surface area contributed by atoms with E-state index in [9.17, 15) is 8.42 Å². The van der Waals surface area contributed by atoms with Gasteiger partial charge in [-0.3, -0.25) is 0 Å². The van der Waals surface area contributed by atoms with Crippen LogP contribution in [0, 0.1) is 0 Å². The summed E-state index contributed by atoms with van der Waals surface area (Å²) in [5, 5.41) is 0. The number of anilines is 1. The van der Waals surface area contributed by atoms with Crippen molar-refractivity contribution in [3.05, 3.63) is 29.8 Å². The Morgan fingerprint density at radius 2 is 1.55 bits per heavy atom. The standard InChI is InChI=1S/C16H27N3O2S/c1-16(2,3)14-8-6-7-9-15(14)18-10-12-19(13-11-18)22(20,21)17(4)5/h6-9H,10-13H2,1-5H3. The molecule has 22 heavy (non-hydrogen) atoms. The quantitative estimate of drug-likeness (QED) is 0.853. The smallest absolute Gasteiger partial charge is 0.281 e. The fourth-order valence-electron chi connectivity index (χ4n) is 2.77. The zero-order chi connectivity index (χ0) is 16.5. The maximum absolute atomic E-state index is 12.2. The molecule has 1 aromatic carbocycles. The Kier molecular flexibility index (Phi) is 4.84. The summed E-state index contributed by atoms with van der Waals surface area (Å²) < 4.78 is 27.2. The van der Waals surface area contributed by atoms with Gasteiger partial charge < -0.3 is 4.90 Å². The van der Waals surface area contributed by atoms with Crippen molar-refractivity contribution >= 4 is 15.9 Å². The van der Waals surface area contributed by atoms with Crippen LogP contribution in [0.25, 0.3) is 0 Å². The average molecular weight is 325 g/mol. The first-order valence-electron chi connectivity index (χ1n) is 7.66. The second-order valence-corrected chi connectivity index (χ2v) is 9.09. The molecule has 1 aliphatic heterocycles. The number of hydrogen-bond donors (Lipinski definition) is 0. The first kappa shape index (κ1) is 17.2. The van der Waals surface area contributed by atoms with Crippen molar-refractivity contribution in [1.29, 1.82) is 0 Å². The topological polar surface area (TPSA) is 43.9 Å². The molecule has 0 radical (unpaired) electrons. The Hall–Kier alpha value is -1.11. The Balaban J connectivity index is 2.17. The Morgan fingerprint density at radius 1 is 1.00 bits per heavy atom. The molecule has 124 valence electrons. The molecule has 1 aromatic rings. The van der Waals surface area contributed by atoms with Gasteiger partial charge in [0.25, 0.3) is 10.2 Å². The number of para-hydroxylation sites is 1. The van der Waals surface area contributed by atoms with Gasteiger partial charge in [0.15, 0.2) is 0 Å². The first-order chi connectivity index (χ1) is 10.1. The van der Waals surface area contributed by atoms with Gasteiger partial charge in [0, 0.05) is 46.0 Å². The minimum absolute atomic E-state index is 0.0729. The van der Waals surface area contributed by atoms with Gasteiger partial charge in [-0.15, -0.1) is 0 Å². The summed E-state index contributed by atoms with van der Waals surface area (Å²) in [5.41, 5.74) is 2.60. The lowest BCUT2D eigenvalue weighted by Crippen LogP contribution is -2.52. The summed E-state index contributed by atoms with van der Waals surface area (Å²) in [7, 11) is -0.144. The zero-order valence-corrected chi connectivity index (χ0v) is 15.0. The number of hydrogen-bond acceptors (Lipinski definition) is 3. The fourth-order valence-corrected chi connectivity index (χ4v) is 3.86. The normalized spacial score (nSPS) is 18.0. The average Bonchev–Trinajstić information content (AvgIpc) is 2.46. The van der Waals surface area contributed by atoms with E-state index in [0.717, 1.165) is 13.1 Å². The molecule has 0 aliphatic carbocycles. The summed E-state index contributed by atoms with van der Waals surface area (Å²) in [6, 6.07) is 8.42. The predicted octanol–water partition coefficient (Wildman–Crippen LogP) is 1.91. The molecule has 0 saturated carbocycles. The minimum atomic E-state index is -3.30. The molecule has 0 atom stereocenters. The van der Waals surface area contributed by atoms with Crippen molar-refractivity contribution in [2.24, 2.45) is 0 Å². The lowest BCUT2D eigenvalue weighted by atomic mass is 9.85. The molecule has 0 aromatic heterocycles. The maximum Gasteiger partial charge on any atom is 0.281 e. The largest absolute Gasteiger partial charge is 0.369 e. The molecule has 6 heteroatoms. The summed E-state index contributed by atoms with van der Waals surface area (Å²) in [6.07, 6.45) is 0. The molecule has 0 bridgehead atoms. The van der Waals surface area contributed by atoms with Crippen LogP contribution in [0.5, 0.6) is 0 Å². The monoisotopic (exact) mass is 325 g/mol. The lowest BCUT2D eigenvalue weighted by molar-refractivity contribution is 0.355. The van der Waals surface area contributed by atoms with Crippen LogP contribution in [0.4, 0.5) is 5.69 Å². The number of piperazine rings is 1.